The Morgan fingerprint density at radius 3 is 2.35 bits per heavy atom. The zero-order valence-corrected chi connectivity index (χ0v) is 20.3. The fraction of sp³-hybridized carbons (Fsp3) is 0.182. The van der Waals surface area contributed by atoms with E-state index in [2.05, 4.69) is 5.32 Å². The third kappa shape index (κ3) is 5.75. The number of benzene rings is 2. The van der Waals surface area contributed by atoms with Gasteiger partial charge in [0.05, 0.1) is 10.6 Å². The first-order valence-corrected chi connectivity index (χ1v) is 12.7. The lowest BCUT2D eigenvalue weighted by Gasteiger charge is -2.26. The number of anilines is 1. The Kier molecular flexibility index (Phi) is 8.28. The maximum atomic E-state index is 13.6. The molecule has 0 fully saturated rings. The minimum atomic E-state index is -4.17. The number of aromatic carboxylic acids is 1. The Morgan fingerprint density at radius 2 is 1.76 bits per heavy atom. The molecule has 0 saturated carbocycles. The highest BCUT2D eigenvalue weighted by atomic mass is 35.5. The highest BCUT2D eigenvalue weighted by molar-refractivity contribution is 7.92. The van der Waals surface area contributed by atoms with Crippen molar-refractivity contribution in [3.05, 3.63) is 80.5 Å². The third-order valence-corrected chi connectivity index (χ3v) is 8.05. The molecule has 9 nitrogen and oxygen atoms in total. The highest BCUT2D eigenvalue weighted by Crippen LogP contribution is 2.31. The number of rotatable bonds is 10. The van der Waals surface area contributed by atoms with Crippen LogP contribution in [0.5, 0.6) is 0 Å². The number of nitrogens with zero attached hydrogens (tertiary/aromatic N) is 1. The lowest BCUT2D eigenvalue weighted by molar-refractivity contribution is -0.119. The van der Waals surface area contributed by atoms with Gasteiger partial charge >= 0.3 is 5.97 Å². The van der Waals surface area contributed by atoms with Crippen molar-refractivity contribution in [2.45, 2.75) is 24.5 Å². The zero-order valence-electron chi connectivity index (χ0n) is 17.9. The van der Waals surface area contributed by atoms with E-state index in [1.165, 1.54) is 24.3 Å². The number of nitrogens with one attached hydrogen (secondary N) is 1. The van der Waals surface area contributed by atoms with Gasteiger partial charge in [0.25, 0.3) is 10.0 Å². The maximum Gasteiger partial charge on any atom is 0.345 e. The molecule has 34 heavy (non-hydrogen) atoms. The number of thiophene rings is 1. The predicted molar refractivity (Wildman–Crippen MR) is 131 cm³/mol. The number of halogens is 1. The second-order valence-corrected chi connectivity index (χ2v) is 10.4. The van der Waals surface area contributed by atoms with Crippen LogP contribution in [0.4, 0.5) is 5.69 Å². The van der Waals surface area contributed by atoms with Crippen molar-refractivity contribution in [3.63, 3.8) is 0 Å². The van der Waals surface area contributed by atoms with Gasteiger partial charge in [-0.2, -0.15) is 0 Å². The van der Waals surface area contributed by atoms with Crippen LogP contribution in [0.3, 0.4) is 0 Å². The number of carbonyl (C=O) groups is 2. The van der Waals surface area contributed by atoms with E-state index >= 15 is 0 Å². The largest absolute Gasteiger partial charge is 0.477 e. The van der Waals surface area contributed by atoms with Crippen LogP contribution in [0.1, 0.15) is 26.4 Å². The number of carboxylic acids is 1. The van der Waals surface area contributed by atoms with Crippen LogP contribution in [-0.4, -0.2) is 31.9 Å². The van der Waals surface area contributed by atoms with Crippen molar-refractivity contribution < 1.29 is 23.1 Å². The number of sulfonamides is 1. The van der Waals surface area contributed by atoms with E-state index in [0.29, 0.717) is 11.1 Å². The first-order chi connectivity index (χ1) is 16.2. The van der Waals surface area contributed by atoms with Crippen molar-refractivity contribution in [3.8, 4) is 0 Å². The number of hydrogen-bond donors (Lipinski definition) is 4. The van der Waals surface area contributed by atoms with Crippen molar-refractivity contribution in [2.24, 2.45) is 11.5 Å². The molecule has 0 aliphatic heterocycles. The predicted octanol–water partition coefficient (Wildman–Crippen LogP) is 2.53. The second-order valence-electron chi connectivity index (χ2n) is 7.20. The van der Waals surface area contributed by atoms with Gasteiger partial charge in [0.2, 0.25) is 5.91 Å². The second kappa shape index (κ2) is 11.0. The molecule has 180 valence electrons. The first kappa shape index (κ1) is 25.7. The Hall–Kier alpha value is -2.96. The van der Waals surface area contributed by atoms with Crippen molar-refractivity contribution in [2.75, 3.05) is 10.8 Å². The van der Waals surface area contributed by atoms with Crippen LogP contribution in [0.2, 0.25) is 5.02 Å². The summed E-state index contributed by atoms with van der Waals surface area (Å²) in [6, 6.07) is 12.2. The Labute approximate surface area is 206 Å². The zero-order chi connectivity index (χ0) is 24.9. The monoisotopic (exact) mass is 522 g/mol. The van der Waals surface area contributed by atoms with Gasteiger partial charge in [-0.05, 0) is 46.8 Å². The van der Waals surface area contributed by atoms with Crippen LogP contribution < -0.4 is 21.1 Å². The molecule has 1 aromatic heterocycles. The molecule has 1 amide bonds. The average molecular weight is 523 g/mol. The van der Waals surface area contributed by atoms with Crippen molar-refractivity contribution >= 4 is 50.5 Å². The van der Waals surface area contributed by atoms with Gasteiger partial charge in [-0.25, -0.2) is 13.2 Å². The molecule has 0 bridgehead atoms. The van der Waals surface area contributed by atoms with E-state index in [9.17, 15) is 18.0 Å². The standard InChI is InChI=1S/C22H23ClN4O5S2/c23-18-2-1-3-19(17(18)10-25)27(34(31,32)16-6-4-14(9-24)5-7-16)12-21(28)26-11-15-8-20(22(29)30)33-13-15/h1-8,13H,9-12,24-25H2,(H,26,28)(H,29,30). The van der Waals surface area contributed by atoms with E-state index in [0.717, 1.165) is 21.2 Å². The van der Waals surface area contributed by atoms with Gasteiger partial charge in [0, 0.05) is 30.2 Å². The van der Waals surface area contributed by atoms with Gasteiger partial charge < -0.3 is 21.9 Å². The summed E-state index contributed by atoms with van der Waals surface area (Å²) in [5.74, 6) is -1.65. The molecule has 3 rings (SSSR count). The lowest BCUT2D eigenvalue weighted by Crippen LogP contribution is -2.41. The summed E-state index contributed by atoms with van der Waals surface area (Å²) in [5, 5.41) is 13.6. The van der Waals surface area contributed by atoms with Crippen molar-refractivity contribution in [1.82, 2.24) is 5.32 Å². The van der Waals surface area contributed by atoms with Gasteiger partial charge in [-0.15, -0.1) is 11.3 Å². The molecule has 3 aromatic rings. The Balaban J connectivity index is 1.92. The molecule has 0 unspecified atom stereocenters. The molecule has 0 atom stereocenters. The molecular formula is C22H23ClN4O5S2. The van der Waals surface area contributed by atoms with Gasteiger partial charge in [0.15, 0.2) is 0 Å². The quantitative estimate of drug-likeness (QED) is 0.318. The van der Waals surface area contributed by atoms with Crippen LogP contribution >= 0.6 is 22.9 Å². The molecule has 2 aromatic carbocycles. The molecule has 1 heterocycles. The summed E-state index contributed by atoms with van der Waals surface area (Å²) >= 11 is 7.29. The number of carboxylic acid groups (broad SMARTS) is 1. The van der Waals surface area contributed by atoms with Crippen LogP contribution in [0.15, 0.2) is 58.8 Å². The summed E-state index contributed by atoms with van der Waals surface area (Å²) in [5.41, 5.74) is 13.4. The van der Waals surface area contributed by atoms with Crippen molar-refractivity contribution in [1.29, 1.82) is 0 Å². The summed E-state index contributed by atoms with van der Waals surface area (Å²) in [6.07, 6.45) is 0. The molecule has 6 N–H and O–H groups in total. The van der Waals surface area contributed by atoms with E-state index in [1.54, 1.807) is 29.6 Å². The van der Waals surface area contributed by atoms with Gasteiger partial charge in [-0.3, -0.25) is 9.10 Å². The first-order valence-electron chi connectivity index (χ1n) is 10.0. The topological polar surface area (TPSA) is 156 Å². The van der Waals surface area contributed by atoms with Crippen LogP contribution in [-0.2, 0) is 34.5 Å². The minimum absolute atomic E-state index is 0.0237. The third-order valence-electron chi connectivity index (χ3n) is 4.96. The fourth-order valence-corrected chi connectivity index (χ4v) is 5.62. The molecule has 0 aliphatic rings. The molecule has 0 radical (unpaired) electrons. The average Bonchev–Trinajstić information content (AvgIpc) is 3.30. The summed E-state index contributed by atoms with van der Waals surface area (Å²) in [4.78, 5) is 24.0. The summed E-state index contributed by atoms with van der Waals surface area (Å²) in [6.45, 7) is -0.281. The number of hydrogen-bond acceptors (Lipinski definition) is 7. The lowest BCUT2D eigenvalue weighted by atomic mass is 10.1. The molecule has 0 saturated heterocycles. The van der Waals surface area contributed by atoms with Crippen LogP contribution in [0, 0.1) is 0 Å². The van der Waals surface area contributed by atoms with E-state index < -0.39 is 28.4 Å². The molecule has 0 spiro atoms. The normalized spacial score (nSPS) is 11.3. The van der Waals surface area contributed by atoms with E-state index in [-0.39, 0.29) is 40.1 Å². The SMILES string of the molecule is NCc1ccc(S(=O)(=O)N(CC(=O)NCc2csc(C(=O)O)c2)c2cccc(Cl)c2CN)cc1. The Morgan fingerprint density at radius 1 is 1.06 bits per heavy atom. The maximum absolute atomic E-state index is 13.6. The Bertz CT molecular complexity index is 1290. The van der Waals surface area contributed by atoms with E-state index in [1.807, 2.05) is 0 Å². The molecule has 0 aliphatic carbocycles. The number of carbonyl (C=O) groups excluding carboxylic acids is 1. The minimum Gasteiger partial charge on any atom is -0.477 e. The number of nitrogens with two attached hydrogens (primary N) is 2. The number of amides is 1. The highest BCUT2D eigenvalue weighted by Gasteiger charge is 2.29. The molecular weight excluding hydrogens is 500 g/mol. The molecule has 12 heteroatoms. The smallest absolute Gasteiger partial charge is 0.345 e. The van der Waals surface area contributed by atoms with Crippen LogP contribution in [0.25, 0.3) is 0 Å². The van der Waals surface area contributed by atoms with E-state index in [4.69, 9.17) is 28.2 Å². The summed E-state index contributed by atoms with van der Waals surface area (Å²) in [7, 11) is -4.17. The fourth-order valence-electron chi connectivity index (χ4n) is 3.17. The summed E-state index contributed by atoms with van der Waals surface area (Å²) < 4.78 is 28.1. The van der Waals surface area contributed by atoms with Gasteiger partial charge in [0.1, 0.15) is 11.4 Å². The van der Waals surface area contributed by atoms with Gasteiger partial charge in [-0.1, -0.05) is 29.8 Å².